The predicted molar refractivity (Wildman–Crippen MR) is 162 cm³/mol. The first-order valence-corrected chi connectivity index (χ1v) is 13.9. The summed E-state index contributed by atoms with van der Waals surface area (Å²) in [4.78, 5) is 39.0. The maximum atomic E-state index is 15.6. The van der Waals surface area contributed by atoms with Crippen molar-refractivity contribution in [2.45, 2.75) is 45.1 Å². The molecule has 0 aliphatic carbocycles. The van der Waals surface area contributed by atoms with Gasteiger partial charge in [0, 0.05) is 52.8 Å². The van der Waals surface area contributed by atoms with Crippen molar-refractivity contribution in [2.24, 2.45) is 0 Å². The molecule has 8 nitrogen and oxygen atoms in total. The summed E-state index contributed by atoms with van der Waals surface area (Å²) in [5, 5.41) is 12.1. The summed E-state index contributed by atoms with van der Waals surface area (Å²) in [5.74, 6) is -3.39. The van der Waals surface area contributed by atoms with E-state index in [0.29, 0.717) is 11.6 Å². The predicted octanol–water partition coefficient (Wildman–Crippen LogP) is 5.15. The second-order valence-corrected chi connectivity index (χ2v) is 10.2. The maximum Gasteiger partial charge on any atom is 0.416 e. The molecule has 3 aromatic carbocycles. The molecule has 14 heteroatoms. The van der Waals surface area contributed by atoms with E-state index in [4.69, 9.17) is 9.84 Å². The number of halogens is 5. The third kappa shape index (κ3) is 8.13. The first kappa shape index (κ1) is 36.7. The molecule has 1 radical (unpaired) electrons. The summed E-state index contributed by atoms with van der Waals surface area (Å²) in [7, 11) is 1.21. The third-order valence-electron chi connectivity index (χ3n) is 7.41. The SMILES string of the molecule is COc1cccc(-c2c(C)n(Cc3c(F)cccc3C(F)(F)F)c(=O)n(CC(NCCCC(=O)O)c3ccccc3)c2=O)c1F.[Na]. The van der Waals surface area contributed by atoms with Gasteiger partial charge in [0.2, 0.25) is 0 Å². The van der Waals surface area contributed by atoms with E-state index in [2.05, 4.69) is 5.32 Å². The fraction of sp³-hybridized carbons (Fsp3) is 0.281. The minimum atomic E-state index is -4.95. The van der Waals surface area contributed by atoms with Gasteiger partial charge in [-0.3, -0.25) is 18.7 Å². The van der Waals surface area contributed by atoms with Crippen LogP contribution in [0.3, 0.4) is 0 Å². The third-order valence-corrected chi connectivity index (χ3v) is 7.41. The molecule has 1 atom stereocenters. The van der Waals surface area contributed by atoms with Crippen LogP contribution in [-0.4, -0.2) is 63.4 Å². The van der Waals surface area contributed by atoms with Crippen LogP contribution in [-0.2, 0) is 24.1 Å². The fourth-order valence-electron chi connectivity index (χ4n) is 5.13. The van der Waals surface area contributed by atoms with Gasteiger partial charge in [-0.1, -0.05) is 48.5 Å². The van der Waals surface area contributed by atoms with Crippen LogP contribution in [0.2, 0.25) is 0 Å². The van der Waals surface area contributed by atoms with E-state index in [0.717, 1.165) is 21.3 Å². The Kier molecular flexibility index (Phi) is 12.5. The van der Waals surface area contributed by atoms with Gasteiger partial charge >= 0.3 is 17.8 Å². The van der Waals surface area contributed by atoms with Crippen LogP contribution in [0, 0.1) is 18.6 Å². The number of aliphatic carboxylic acids is 1. The van der Waals surface area contributed by atoms with Crippen molar-refractivity contribution in [1.29, 1.82) is 0 Å². The minimum absolute atomic E-state index is 0. The zero-order valence-electron chi connectivity index (χ0n) is 25.3. The van der Waals surface area contributed by atoms with Gasteiger partial charge in [-0.15, -0.1) is 0 Å². The van der Waals surface area contributed by atoms with Crippen LogP contribution in [0.1, 0.15) is 41.3 Å². The number of hydrogen-bond acceptors (Lipinski definition) is 5. The average molecular weight is 655 g/mol. The molecule has 46 heavy (non-hydrogen) atoms. The Labute approximate surface area is 282 Å². The van der Waals surface area contributed by atoms with Gasteiger partial charge < -0.3 is 15.2 Å². The summed E-state index contributed by atoms with van der Waals surface area (Å²) in [6, 6.07) is 14.2. The number of aromatic nitrogens is 2. The molecule has 239 valence electrons. The number of carboxylic acid groups (broad SMARTS) is 1. The zero-order valence-corrected chi connectivity index (χ0v) is 27.3. The molecule has 0 fully saturated rings. The van der Waals surface area contributed by atoms with Gasteiger partial charge in [-0.25, -0.2) is 13.6 Å². The Balaban J connectivity index is 0.00000576. The quantitative estimate of drug-likeness (QED) is 0.125. The van der Waals surface area contributed by atoms with Crippen molar-refractivity contribution < 1.29 is 36.6 Å². The maximum absolute atomic E-state index is 15.6. The molecule has 0 spiro atoms. The van der Waals surface area contributed by atoms with E-state index >= 15 is 4.39 Å². The normalized spacial score (nSPS) is 12.0. The van der Waals surface area contributed by atoms with E-state index in [1.807, 2.05) is 0 Å². The van der Waals surface area contributed by atoms with E-state index in [1.54, 1.807) is 30.3 Å². The molecule has 0 bridgehead atoms. The summed E-state index contributed by atoms with van der Waals surface area (Å²) >= 11 is 0. The first-order valence-electron chi connectivity index (χ1n) is 13.9. The number of ether oxygens (including phenoxy) is 1. The second kappa shape index (κ2) is 15.7. The number of methoxy groups -OCH3 is 1. The van der Waals surface area contributed by atoms with E-state index < -0.39 is 58.7 Å². The monoisotopic (exact) mass is 654 g/mol. The molecule has 2 N–H and O–H groups in total. The standard InChI is InChI=1S/C32H30F5N3O5.Na/c1-19-28(21-11-6-14-26(45-2)29(21)34)30(43)40(18-25(20-9-4-3-5-10-20)38-16-8-15-27(41)42)31(44)39(19)17-22-23(32(35,36)37)12-7-13-24(22)33;/h3-7,9-14,25,38H,8,15-18H2,1-2H3,(H,41,42);. The summed E-state index contributed by atoms with van der Waals surface area (Å²) in [6.07, 6.45) is -4.88. The van der Waals surface area contributed by atoms with Crippen LogP contribution in [0.25, 0.3) is 11.1 Å². The Morgan fingerprint density at radius 3 is 2.28 bits per heavy atom. The van der Waals surface area contributed by atoms with Crippen LogP contribution in [0.15, 0.2) is 76.3 Å². The fourth-order valence-corrected chi connectivity index (χ4v) is 5.13. The molecule has 1 heterocycles. The van der Waals surface area contributed by atoms with Crippen LogP contribution in [0.4, 0.5) is 22.0 Å². The number of nitrogens with one attached hydrogen (secondary N) is 1. The second-order valence-electron chi connectivity index (χ2n) is 10.2. The van der Waals surface area contributed by atoms with Gasteiger partial charge in [0.15, 0.2) is 11.6 Å². The average Bonchev–Trinajstić information content (AvgIpc) is 2.99. The number of hydrogen-bond donors (Lipinski definition) is 2. The largest absolute Gasteiger partial charge is 0.494 e. The van der Waals surface area contributed by atoms with Crippen molar-refractivity contribution in [3.8, 4) is 16.9 Å². The van der Waals surface area contributed by atoms with Crippen molar-refractivity contribution >= 4 is 35.5 Å². The van der Waals surface area contributed by atoms with E-state index in [-0.39, 0.29) is 78.1 Å². The number of carbonyl (C=O) groups is 1. The summed E-state index contributed by atoms with van der Waals surface area (Å²) < 4.78 is 78.8. The Morgan fingerprint density at radius 1 is 0.978 bits per heavy atom. The van der Waals surface area contributed by atoms with E-state index in [1.165, 1.54) is 32.2 Å². The molecule has 0 aliphatic rings. The molecule has 4 rings (SSSR count). The number of carboxylic acids is 1. The zero-order chi connectivity index (χ0) is 32.9. The van der Waals surface area contributed by atoms with Crippen LogP contribution in [0.5, 0.6) is 5.75 Å². The van der Waals surface area contributed by atoms with Crippen LogP contribution < -0.4 is 21.3 Å². The van der Waals surface area contributed by atoms with Gasteiger partial charge in [-0.05, 0) is 43.7 Å². The molecule has 0 saturated carbocycles. The summed E-state index contributed by atoms with van der Waals surface area (Å²) in [5.41, 5.74) is -4.27. The number of rotatable bonds is 12. The van der Waals surface area contributed by atoms with Crippen molar-refractivity contribution in [3.63, 3.8) is 0 Å². The molecule has 0 aliphatic heterocycles. The summed E-state index contributed by atoms with van der Waals surface area (Å²) in [6.45, 7) is 0.181. The number of benzene rings is 3. The molecule has 0 saturated heterocycles. The first-order chi connectivity index (χ1) is 21.3. The molecule has 1 unspecified atom stereocenters. The smallest absolute Gasteiger partial charge is 0.416 e. The molecule has 1 aromatic heterocycles. The Bertz CT molecular complexity index is 1810. The van der Waals surface area contributed by atoms with Gasteiger partial charge in [0.05, 0.1) is 37.4 Å². The minimum Gasteiger partial charge on any atom is -0.494 e. The topological polar surface area (TPSA) is 103 Å². The van der Waals surface area contributed by atoms with E-state index in [9.17, 15) is 31.9 Å². The molecular formula is C32H30F5N3NaO5. The number of alkyl halides is 3. The molecular weight excluding hydrogens is 624 g/mol. The van der Waals surface area contributed by atoms with Gasteiger partial charge in [0.1, 0.15) is 5.82 Å². The van der Waals surface area contributed by atoms with Gasteiger partial charge in [-0.2, -0.15) is 13.2 Å². The molecule has 4 aromatic rings. The van der Waals surface area contributed by atoms with Crippen LogP contribution >= 0.6 is 0 Å². The molecule has 0 amide bonds. The van der Waals surface area contributed by atoms with Crippen molar-refractivity contribution in [2.75, 3.05) is 13.7 Å². The Hall–Kier alpha value is -3.78. The van der Waals surface area contributed by atoms with Crippen molar-refractivity contribution in [1.82, 2.24) is 14.5 Å². The Morgan fingerprint density at radius 2 is 1.65 bits per heavy atom. The van der Waals surface area contributed by atoms with Crippen molar-refractivity contribution in [3.05, 3.63) is 122 Å². The van der Waals surface area contributed by atoms with Gasteiger partial charge in [0.25, 0.3) is 5.56 Å². The number of nitrogens with zero attached hydrogens (tertiary/aromatic N) is 2.